The normalized spacial score (nSPS) is 12.4. The van der Waals surface area contributed by atoms with E-state index in [0.717, 1.165) is 4.31 Å². The second-order valence-electron chi connectivity index (χ2n) is 5.65. The molecule has 0 bridgehead atoms. The Kier molecular flexibility index (Phi) is 8.13. The van der Waals surface area contributed by atoms with E-state index in [1.54, 1.807) is 24.3 Å². The average molecular weight is 395 g/mol. The van der Waals surface area contributed by atoms with E-state index in [9.17, 15) is 16.8 Å². The molecule has 0 atom stereocenters. The van der Waals surface area contributed by atoms with Gasteiger partial charge in [-0.15, -0.1) is 0 Å². The van der Waals surface area contributed by atoms with Crippen LogP contribution < -0.4 is 13.8 Å². The summed E-state index contributed by atoms with van der Waals surface area (Å²) in [6, 6.07) is 6.65. The molecule has 0 radical (unpaired) electrons. The van der Waals surface area contributed by atoms with Crippen molar-refractivity contribution in [1.82, 2.24) is 4.72 Å². The van der Waals surface area contributed by atoms with Crippen LogP contribution in [-0.4, -0.2) is 61.8 Å². The van der Waals surface area contributed by atoms with Gasteiger partial charge in [-0.25, -0.2) is 21.6 Å². The van der Waals surface area contributed by atoms with Gasteiger partial charge in [0.2, 0.25) is 20.0 Å². The van der Waals surface area contributed by atoms with Crippen molar-refractivity contribution in [2.75, 3.05) is 43.1 Å². The Bertz CT molecular complexity index is 730. The predicted molar refractivity (Wildman–Crippen MR) is 98.1 cm³/mol. The Morgan fingerprint density at radius 2 is 1.68 bits per heavy atom. The largest absolute Gasteiger partial charge is 0.491 e. The number of nitrogens with zero attached hydrogens (tertiary/aromatic N) is 1. The van der Waals surface area contributed by atoms with Crippen LogP contribution in [-0.2, 0) is 24.8 Å². The number of nitrogens with one attached hydrogen (secondary N) is 1. The van der Waals surface area contributed by atoms with E-state index in [1.165, 1.54) is 14.2 Å². The lowest BCUT2D eigenvalue weighted by Crippen LogP contribution is -2.37. The Morgan fingerprint density at radius 3 is 2.20 bits per heavy atom. The lowest BCUT2D eigenvalue weighted by molar-refractivity contribution is 0.217. The van der Waals surface area contributed by atoms with E-state index in [2.05, 4.69) is 4.72 Å². The Morgan fingerprint density at radius 1 is 1.08 bits per heavy atom. The zero-order valence-corrected chi connectivity index (χ0v) is 16.6. The number of sulfonamides is 2. The molecule has 1 rings (SSSR count). The fraction of sp³-hybridized carbons (Fsp3) is 0.600. The molecule has 0 aromatic heterocycles. The zero-order chi connectivity index (χ0) is 19.1. The smallest absolute Gasteiger partial charge is 0.236 e. The summed E-state index contributed by atoms with van der Waals surface area (Å²) in [5.41, 5.74) is 0.471. The van der Waals surface area contributed by atoms with Crippen LogP contribution in [0.2, 0.25) is 0 Å². The Hall–Kier alpha value is -1.36. The van der Waals surface area contributed by atoms with Crippen molar-refractivity contribution in [3.05, 3.63) is 24.3 Å². The second kappa shape index (κ2) is 9.37. The highest BCUT2D eigenvalue weighted by atomic mass is 32.2. The number of anilines is 1. The van der Waals surface area contributed by atoms with Gasteiger partial charge in [0.1, 0.15) is 5.75 Å². The first-order valence-electron chi connectivity index (χ1n) is 7.77. The Labute approximate surface area is 150 Å². The molecule has 0 aliphatic carbocycles. The molecule has 0 unspecified atom stereocenters. The van der Waals surface area contributed by atoms with Gasteiger partial charge in [-0.3, -0.25) is 4.31 Å². The van der Waals surface area contributed by atoms with Crippen molar-refractivity contribution in [3.8, 4) is 5.75 Å². The van der Waals surface area contributed by atoms with Crippen LogP contribution in [0.5, 0.6) is 5.75 Å². The van der Waals surface area contributed by atoms with Crippen molar-refractivity contribution in [2.24, 2.45) is 0 Å². The van der Waals surface area contributed by atoms with E-state index in [1.807, 2.05) is 13.8 Å². The average Bonchev–Trinajstić information content (AvgIpc) is 2.52. The molecule has 0 amide bonds. The minimum absolute atomic E-state index is 0.0263. The summed E-state index contributed by atoms with van der Waals surface area (Å²) in [5.74, 6) is 0.0897. The summed E-state index contributed by atoms with van der Waals surface area (Å²) in [6.45, 7) is 3.65. The summed E-state index contributed by atoms with van der Waals surface area (Å²) in [5, 5.41) is 0. The van der Waals surface area contributed by atoms with Crippen LogP contribution in [0.15, 0.2) is 24.3 Å². The van der Waals surface area contributed by atoms with E-state index in [0.29, 0.717) is 11.4 Å². The minimum Gasteiger partial charge on any atom is -0.491 e. The van der Waals surface area contributed by atoms with Crippen molar-refractivity contribution >= 4 is 25.7 Å². The molecule has 0 aliphatic heterocycles. The summed E-state index contributed by atoms with van der Waals surface area (Å²) in [4.78, 5) is 0. The molecule has 0 saturated heterocycles. The number of rotatable bonds is 11. The third kappa shape index (κ3) is 7.59. The van der Waals surface area contributed by atoms with Gasteiger partial charge in [-0.05, 0) is 38.1 Å². The van der Waals surface area contributed by atoms with Gasteiger partial charge < -0.3 is 9.47 Å². The predicted octanol–water partition coefficient (Wildman–Crippen LogP) is 0.806. The third-order valence-corrected chi connectivity index (χ3v) is 6.34. The molecule has 10 heteroatoms. The zero-order valence-electron chi connectivity index (χ0n) is 14.9. The molecule has 0 fully saturated rings. The highest BCUT2D eigenvalue weighted by Gasteiger charge is 2.20. The second-order valence-corrected chi connectivity index (χ2v) is 9.70. The summed E-state index contributed by atoms with van der Waals surface area (Å²) < 4.78 is 61.5. The monoisotopic (exact) mass is 394 g/mol. The van der Waals surface area contributed by atoms with Crippen molar-refractivity contribution in [2.45, 2.75) is 20.0 Å². The van der Waals surface area contributed by atoms with E-state index < -0.39 is 20.0 Å². The lowest BCUT2D eigenvalue weighted by atomic mass is 10.3. The van der Waals surface area contributed by atoms with Crippen LogP contribution >= 0.6 is 0 Å². The van der Waals surface area contributed by atoms with Crippen molar-refractivity contribution < 1.29 is 26.3 Å². The quantitative estimate of drug-likeness (QED) is 0.596. The maximum Gasteiger partial charge on any atom is 0.236 e. The van der Waals surface area contributed by atoms with Crippen LogP contribution in [0, 0.1) is 0 Å². The third-order valence-electron chi connectivity index (χ3n) is 3.23. The first-order valence-corrected chi connectivity index (χ1v) is 11.0. The van der Waals surface area contributed by atoms with Gasteiger partial charge in [0.15, 0.2) is 0 Å². The number of benzene rings is 1. The molecule has 1 N–H and O–H groups in total. The highest BCUT2D eigenvalue weighted by Crippen LogP contribution is 2.21. The molecular weight excluding hydrogens is 368 g/mol. The fourth-order valence-electron chi connectivity index (χ4n) is 1.90. The topological polar surface area (TPSA) is 102 Å². The first kappa shape index (κ1) is 21.7. The first-order chi connectivity index (χ1) is 11.6. The molecule has 0 saturated carbocycles. The maximum absolute atomic E-state index is 12.3. The van der Waals surface area contributed by atoms with Crippen molar-refractivity contribution in [1.29, 1.82) is 0 Å². The van der Waals surface area contributed by atoms with Gasteiger partial charge >= 0.3 is 0 Å². The van der Waals surface area contributed by atoms with E-state index >= 15 is 0 Å². The van der Waals surface area contributed by atoms with Gasteiger partial charge in [-0.1, -0.05) is 0 Å². The molecule has 0 heterocycles. The molecular formula is C15H26N2O6S2. The summed E-state index contributed by atoms with van der Waals surface area (Å²) in [6.07, 6.45) is 0.0263. The van der Waals surface area contributed by atoms with Gasteiger partial charge in [0, 0.05) is 20.7 Å². The van der Waals surface area contributed by atoms with Crippen LogP contribution in [0.3, 0.4) is 0 Å². The molecule has 1 aromatic rings. The molecule has 25 heavy (non-hydrogen) atoms. The molecule has 0 aliphatic rings. The fourth-order valence-corrected chi connectivity index (χ4v) is 4.05. The standard InChI is InChI=1S/C15H26N2O6S2/c1-13(2)23-15-7-5-14(6-8-15)17(3)25(20,21)11-9-16-24(18,19)12-10-22-4/h5-8,13,16H,9-12H2,1-4H3. The van der Waals surface area contributed by atoms with Crippen molar-refractivity contribution in [3.63, 3.8) is 0 Å². The summed E-state index contributed by atoms with van der Waals surface area (Å²) in [7, 11) is -4.39. The number of hydrogen-bond donors (Lipinski definition) is 1. The summed E-state index contributed by atoms with van der Waals surface area (Å²) >= 11 is 0. The van der Waals surface area contributed by atoms with Crippen LogP contribution in [0.25, 0.3) is 0 Å². The number of ether oxygens (including phenoxy) is 2. The van der Waals surface area contributed by atoms with E-state index in [-0.39, 0.29) is 30.8 Å². The number of methoxy groups -OCH3 is 1. The minimum atomic E-state index is -3.66. The molecule has 144 valence electrons. The maximum atomic E-state index is 12.3. The SMILES string of the molecule is COCCS(=O)(=O)NCCS(=O)(=O)N(C)c1ccc(OC(C)C)cc1. The Balaban J connectivity index is 2.65. The van der Waals surface area contributed by atoms with Gasteiger partial charge in [0.05, 0.1) is 29.9 Å². The molecule has 8 nitrogen and oxygen atoms in total. The van der Waals surface area contributed by atoms with Crippen LogP contribution in [0.1, 0.15) is 13.8 Å². The van der Waals surface area contributed by atoms with Gasteiger partial charge in [0.25, 0.3) is 0 Å². The van der Waals surface area contributed by atoms with Gasteiger partial charge in [-0.2, -0.15) is 0 Å². The van der Waals surface area contributed by atoms with Crippen LogP contribution in [0.4, 0.5) is 5.69 Å². The molecule has 0 spiro atoms. The van der Waals surface area contributed by atoms with E-state index in [4.69, 9.17) is 9.47 Å². The highest BCUT2D eigenvalue weighted by molar-refractivity contribution is 7.93. The number of hydrogen-bond acceptors (Lipinski definition) is 6. The lowest BCUT2D eigenvalue weighted by Gasteiger charge is -2.20. The molecule has 1 aromatic carbocycles.